The van der Waals surface area contributed by atoms with Crippen LogP contribution in [0.4, 0.5) is 0 Å². The number of aromatic hydroxyl groups is 1. The molecule has 120 valence electrons. The molecule has 2 N–H and O–H groups in total. The highest BCUT2D eigenvalue weighted by Gasteiger charge is 2.24. The minimum absolute atomic E-state index is 0.114. The van der Waals surface area contributed by atoms with Crippen LogP contribution < -0.4 is 5.32 Å². The number of hydrogen-bond acceptors (Lipinski definition) is 3. The van der Waals surface area contributed by atoms with Gasteiger partial charge in [-0.15, -0.1) is 0 Å². The molecule has 1 atom stereocenters. The molecule has 3 rings (SSSR count). The van der Waals surface area contributed by atoms with Crippen molar-refractivity contribution in [2.24, 2.45) is 0 Å². The molecule has 2 aromatic rings. The smallest absolute Gasteiger partial charge is 0.251 e. The van der Waals surface area contributed by atoms with Gasteiger partial charge < -0.3 is 10.4 Å². The first kappa shape index (κ1) is 15.8. The van der Waals surface area contributed by atoms with Crippen molar-refractivity contribution in [1.82, 2.24) is 10.2 Å². The number of carbonyl (C=O) groups is 1. The number of nitrogens with one attached hydrogen (secondary N) is 1. The predicted octanol–water partition coefficient (Wildman–Crippen LogP) is 2.83. The summed E-state index contributed by atoms with van der Waals surface area (Å²) in [5, 5.41) is 13.1. The van der Waals surface area contributed by atoms with Crippen LogP contribution in [0.25, 0.3) is 0 Å². The van der Waals surface area contributed by atoms with Gasteiger partial charge in [0.15, 0.2) is 0 Å². The molecule has 0 unspecified atom stereocenters. The van der Waals surface area contributed by atoms with Crippen molar-refractivity contribution in [1.29, 1.82) is 0 Å². The summed E-state index contributed by atoms with van der Waals surface area (Å²) in [6.07, 6.45) is 0.849. The van der Waals surface area contributed by atoms with Crippen LogP contribution in [-0.2, 0) is 13.0 Å². The number of benzene rings is 2. The minimum Gasteiger partial charge on any atom is -0.508 e. The number of carbonyl (C=O) groups excluding carboxylic acids is 1. The number of rotatable bonds is 3. The van der Waals surface area contributed by atoms with Gasteiger partial charge in [-0.05, 0) is 54.9 Å². The van der Waals surface area contributed by atoms with E-state index in [4.69, 9.17) is 11.6 Å². The molecule has 1 aliphatic heterocycles. The fourth-order valence-electron chi connectivity index (χ4n) is 2.94. The Labute approximate surface area is 140 Å². The highest BCUT2D eigenvalue weighted by atomic mass is 35.5. The van der Waals surface area contributed by atoms with E-state index in [2.05, 4.69) is 10.2 Å². The maximum atomic E-state index is 12.2. The number of fused-ring (bicyclic) bond motifs is 1. The standard InChI is InChI=1S/C18H19ClN2O2/c1-21-11-14-9-17(22)6-5-12(14)8-16(21)10-20-18(23)13-3-2-4-15(19)7-13/h2-7,9,16,22H,8,10-11H2,1H3,(H,20,23)/t16-/m0/s1. The van der Waals surface area contributed by atoms with E-state index < -0.39 is 0 Å². The molecular weight excluding hydrogens is 312 g/mol. The Kier molecular flexibility index (Phi) is 4.55. The normalized spacial score (nSPS) is 17.6. The fourth-order valence-corrected chi connectivity index (χ4v) is 3.13. The Morgan fingerprint density at radius 3 is 2.91 bits per heavy atom. The molecule has 23 heavy (non-hydrogen) atoms. The lowest BCUT2D eigenvalue weighted by molar-refractivity contribution is 0.0934. The fraction of sp³-hybridized carbons (Fsp3) is 0.278. The van der Waals surface area contributed by atoms with Gasteiger partial charge in [0.25, 0.3) is 5.91 Å². The second kappa shape index (κ2) is 6.60. The quantitative estimate of drug-likeness (QED) is 0.910. The Balaban J connectivity index is 1.64. The van der Waals surface area contributed by atoms with E-state index >= 15 is 0 Å². The van der Waals surface area contributed by atoms with Crippen molar-refractivity contribution in [3.05, 3.63) is 64.2 Å². The molecule has 0 bridgehead atoms. The van der Waals surface area contributed by atoms with Gasteiger partial charge in [-0.1, -0.05) is 23.7 Å². The van der Waals surface area contributed by atoms with Crippen molar-refractivity contribution in [3.8, 4) is 5.75 Å². The molecule has 0 aromatic heterocycles. The second-order valence-electron chi connectivity index (χ2n) is 5.95. The van der Waals surface area contributed by atoms with Gasteiger partial charge in [-0.3, -0.25) is 9.69 Å². The zero-order valence-electron chi connectivity index (χ0n) is 12.9. The lowest BCUT2D eigenvalue weighted by Gasteiger charge is -2.34. The lowest BCUT2D eigenvalue weighted by atomic mass is 9.94. The zero-order valence-corrected chi connectivity index (χ0v) is 13.7. The Morgan fingerprint density at radius 1 is 1.30 bits per heavy atom. The van der Waals surface area contributed by atoms with E-state index in [1.54, 1.807) is 30.3 Å². The number of nitrogens with zero attached hydrogens (tertiary/aromatic N) is 1. The van der Waals surface area contributed by atoms with E-state index in [0.29, 0.717) is 22.9 Å². The highest BCUT2D eigenvalue weighted by Crippen LogP contribution is 2.25. The van der Waals surface area contributed by atoms with Crippen LogP contribution in [0.1, 0.15) is 21.5 Å². The van der Waals surface area contributed by atoms with Crippen LogP contribution in [-0.4, -0.2) is 35.5 Å². The monoisotopic (exact) mass is 330 g/mol. The number of hydrogen-bond donors (Lipinski definition) is 2. The molecule has 0 saturated heterocycles. The molecule has 0 saturated carbocycles. The first-order chi connectivity index (χ1) is 11.0. The molecule has 5 heteroatoms. The summed E-state index contributed by atoms with van der Waals surface area (Å²) in [5.41, 5.74) is 2.94. The summed E-state index contributed by atoms with van der Waals surface area (Å²) >= 11 is 5.92. The van der Waals surface area contributed by atoms with Gasteiger partial charge in [-0.25, -0.2) is 0 Å². The van der Waals surface area contributed by atoms with Gasteiger partial charge in [0.05, 0.1) is 0 Å². The maximum absolute atomic E-state index is 12.2. The predicted molar refractivity (Wildman–Crippen MR) is 90.9 cm³/mol. The Bertz CT molecular complexity index is 733. The second-order valence-corrected chi connectivity index (χ2v) is 6.38. The first-order valence-electron chi connectivity index (χ1n) is 7.57. The molecule has 4 nitrogen and oxygen atoms in total. The van der Waals surface area contributed by atoms with Crippen molar-refractivity contribution in [2.45, 2.75) is 19.0 Å². The third-order valence-electron chi connectivity index (χ3n) is 4.27. The van der Waals surface area contributed by atoms with E-state index in [9.17, 15) is 9.90 Å². The zero-order chi connectivity index (χ0) is 16.4. The van der Waals surface area contributed by atoms with E-state index in [-0.39, 0.29) is 11.9 Å². The van der Waals surface area contributed by atoms with Crippen LogP contribution in [0.2, 0.25) is 5.02 Å². The van der Waals surface area contributed by atoms with E-state index in [1.807, 2.05) is 19.2 Å². The Morgan fingerprint density at radius 2 is 2.13 bits per heavy atom. The van der Waals surface area contributed by atoms with Crippen LogP contribution in [0, 0.1) is 0 Å². The maximum Gasteiger partial charge on any atom is 0.251 e. The van der Waals surface area contributed by atoms with E-state index in [1.165, 1.54) is 5.56 Å². The minimum atomic E-state index is -0.114. The average Bonchev–Trinajstić information content (AvgIpc) is 2.52. The van der Waals surface area contributed by atoms with Crippen molar-refractivity contribution >= 4 is 17.5 Å². The largest absolute Gasteiger partial charge is 0.508 e. The summed E-state index contributed by atoms with van der Waals surface area (Å²) in [5.74, 6) is 0.183. The lowest BCUT2D eigenvalue weighted by Crippen LogP contribution is -2.45. The number of halogens is 1. The summed E-state index contributed by atoms with van der Waals surface area (Å²) in [4.78, 5) is 14.4. The van der Waals surface area contributed by atoms with Crippen LogP contribution in [0.3, 0.4) is 0 Å². The number of phenols is 1. The van der Waals surface area contributed by atoms with Gasteiger partial charge in [0, 0.05) is 29.7 Å². The Hall–Kier alpha value is -2.04. The van der Waals surface area contributed by atoms with Crippen molar-refractivity contribution in [3.63, 3.8) is 0 Å². The molecule has 1 heterocycles. The van der Waals surface area contributed by atoms with Gasteiger partial charge in [-0.2, -0.15) is 0 Å². The molecule has 2 aromatic carbocycles. The summed E-state index contributed by atoms with van der Waals surface area (Å²) in [7, 11) is 2.03. The number of amides is 1. The van der Waals surface area contributed by atoms with Crippen LogP contribution in [0.15, 0.2) is 42.5 Å². The molecular formula is C18H19ClN2O2. The summed E-state index contributed by atoms with van der Waals surface area (Å²) in [6, 6.07) is 12.7. The molecule has 1 amide bonds. The first-order valence-corrected chi connectivity index (χ1v) is 7.95. The van der Waals surface area contributed by atoms with Crippen molar-refractivity contribution < 1.29 is 9.90 Å². The van der Waals surface area contributed by atoms with Gasteiger partial charge in [0.2, 0.25) is 0 Å². The van der Waals surface area contributed by atoms with Crippen LogP contribution >= 0.6 is 11.6 Å². The van der Waals surface area contributed by atoms with Gasteiger partial charge >= 0.3 is 0 Å². The molecule has 0 spiro atoms. The van der Waals surface area contributed by atoms with Crippen LogP contribution in [0.5, 0.6) is 5.75 Å². The SMILES string of the molecule is CN1Cc2cc(O)ccc2C[C@H]1CNC(=O)c1cccc(Cl)c1. The summed E-state index contributed by atoms with van der Waals surface area (Å²) < 4.78 is 0. The number of likely N-dealkylation sites (N-methyl/N-ethyl adjacent to an activating group) is 1. The third-order valence-corrected chi connectivity index (χ3v) is 4.51. The molecule has 0 fully saturated rings. The molecule has 0 radical (unpaired) electrons. The number of phenolic OH excluding ortho intramolecular Hbond substituents is 1. The highest BCUT2D eigenvalue weighted by molar-refractivity contribution is 6.30. The third kappa shape index (κ3) is 3.66. The summed E-state index contributed by atoms with van der Waals surface area (Å²) in [6.45, 7) is 1.34. The van der Waals surface area contributed by atoms with E-state index in [0.717, 1.165) is 18.5 Å². The molecule has 1 aliphatic rings. The average molecular weight is 331 g/mol. The molecule has 0 aliphatic carbocycles. The van der Waals surface area contributed by atoms with Gasteiger partial charge in [0.1, 0.15) is 5.75 Å². The van der Waals surface area contributed by atoms with Crippen molar-refractivity contribution in [2.75, 3.05) is 13.6 Å². The topological polar surface area (TPSA) is 52.6 Å².